The Bertz CT molecular complexity index is 497. The monoisotopic (exact) mass is 278 g/mol. The fraction of sp³-hybridized carbons (Fsp3) is 0.200. The first kappa shape index (κ1) is 13.9. The highest BCUT2D eigenvalue weighted by molar-refractivity contribution is 7.99. The Kier molecular flexibility index (Phi) is 5.24. The maximum Gasteiger partial charge on any atom is 0.123 e. The molecule has 0 aliphatic rings. The van der Waals surface area contributed by atoms with Gasteiger partial charge in [-0.3, -0.25) is 0 Å². The third-order valence-electron chi connectivity index (χ3n) is 2.54. The first-order chi connectivity index (χ1) is 9.28. The molecule has 0 fully saturated rings. The molecule has 0 unspecified atom stereocenters. The highest BCUT2D eigenvalue weighted by Gasteiger charge is 1.97. The number of benzene rings is 2. The molecule has 2 rings (SSSR count). The van der Waals surface area contributed by atoms with Crippen molar-refractivity contribution in [3.05, 3.63) is 59.9 Å². The molecule has 1 N–H and O–H groups in total. The maximum atomic E-state index is 12.7. The number of hydrogen-bond acceptors (Lipinski definition) is 3. The minimum Gasteiger partial charge on any atom is -0.493 e. The third-order valence-corrected chi connectivity index (χ3v) is 3.52. The topological polar surface area (TPSA) is 29.5 Å². The molecule has 19 heavy (non-hydrogen) atoms. The van der Waals surface area contributed by atoms with Crippen LogP contribution < -0.4 is 4.74 Å². The quantitative estimate of drug-likeness (QED) is 0.648. The van der Waals surface area contributed by atoms with Crippen molar-refractivity contribution < 1.29 is 14.2 Å². The molecule has 0 radical (unpaired) electrons. The van der Waals surface area contributed by atoms with E-state index in [0.29, 0.717) is 12.4 Å². The molecular weight excluding hydrogens is 263 g/mol. The van der Waals surface area contributed by atoms with E-state index in [2.05, 4.69) is 0 Å². The van der Waals surface area contributed by atoms with Crippen LogP contribution in [0.1, 0.15) is 5.56 Å². The number of thioether (sulfide) groups is 1. The molecule has 0 amide bonds. The van der Waals surface area contributed by atoms with Crippen molar-refractivity contribution in [2.75, 3.05) is 12.4 Å². The maximum absolute atomic E-state index is 12.7. The van der Waals surface area contributed by atoms with Crippen LogP contribution in [0.2, 0.25) is 0 Å². The largest absolute Gasteiger partial charge is 0.493 e. The van der Waals surface area contributed by atoms with Gasteiger partial charge in [0.05, 0.1) is 13.2 Å². The van der Waals surface area contributed by atoms with E-state index in [1.54, 1.807) is 23.9 Å². The second-order valence-electron chi connectivity index (χ2n) is 3.95. The van der Waals surface area contributed by atoms with Crippen LogP contribution in [0.25, 0.3) is 0 Å². The van der Waals surface area contributed by atoms with Crippen molar-refractivity contribution in [1.29, 1.82) is 0 Å². The Labute approximate surface area is 116 Å². The van der Waals surface area contributed by atoms with E-state index in [-0.39, 0.29) is 12.4 Å². The van der Waals surface area contributed by atoms with Crippen LogP contribution in [-0.2, 0) is 6.61 Å². The van der Waals surface area contributed by atoms with Gasteiger partial charge in [0, 0.05) is 10.6 Å². The van der Waals surface area contributed by atoms with Crippen molar-refractivity contribution in [1.82, 2.24) is 0 Å². The zero-order valence-electron chi connectivity index (χ0n) is 10.4. The highest BCUT2D eigenvalue weighted by Crippen LogP contribution is 2.19. The van der Waals surface area contributed by atoms with Gasteiger partial charge in [0.25, 0.3) is 0 Å². The van der Waals surface area contributed by atoms with E-state index in [1.165, 1.54) is 12.1 Å². The summed E-state index contributed by atoms with van der Waals surface area (Å²) in [5.74, 6) is 1.24. The molecule has 0 heterocycles. The standard InChI is InChI=1S/C15H15FO2S/c16-13-3-5-14(6-4-13)18-9-10-19-15-7-1-12(11-17)2-8-15/h1-8,17H,9-11H2. The number of rotatable bonds is 6. The summed E-state index contributed by atoms with van der Waals surface area (Å²) >= 11 is 1.68. The SMILES string of the molecule is OCc1ccc(SCCOc2ccc(F)cc2)cc1. The van der Waals surface area contributed by atoms with Crippen LogP contribution in [0.4, 0.5) is 4.39 Å². The Morgan fingerprint density at radius 2 is 1.68 bits per heavy atom. The first-order valence-electron chi connectivity index (χ1n) is 5.99. The molecule has 0 aromatic heterocycles. The number of aliphatic hydroxyl groups excluding tert-OH is 1. The van der Waals surface area contributed by atoms with Gasteiger partial charge >= 0.3 is 0 Å². The second-order valence-corrected chi connectivity index (χ2v) is 5.12. The van der Waals surface area contributed by atoms with Crippen molar-refractivity contribution in [3.63, 3.8) is 0 Å². The van der Waals surface area contributed by atoms with Crippen LogP contribution in [0, 0.1) is 5.82 Å². The summed E-state index contributed by atoms with van der Waals surface area (Å²) in [6.07, 6.45) is 0. The van der Waals surface area contributed by atoms with Crippen molar-refractivity contribution in [2.45, 2.75) is 11.5 Å². The lowest BCUT2D eigenvalue weighted by molar-refractivity contribution is 0.282. The molecule has 0 saturated heterocycles. The molecule has 2 aromatic rings. The van der Waals surface area contributed by atoms with Gasteiger partial charge in [-0.2, -0.15) is 0 Å². The Balaban J connectivity index is 1.72. The summed E-state index contributed by atoms with van der Waals surface area (Å²) in [5.41, 5.74) is 0.909. The van der Waals surface area contributed by atoms with E-state index in [4.69, 9.17) is 9.84 Å². The van der Waals surface area contributed by atoms with Crippen molar-refractivity contribution in [2.24, 2.45) is 0 Å². The molecule has 0 saturated carbocycles. The van der Waals surface area contributed by atoms with E-state index in [1.807, 2.05) is 24.3 Å². The minimum absolute atomic E-state index is 0.0681. The van der Waals surface area contributed by atoms with Gasteiger partial charge in [-0.15, -0.1) is 11.8 Å². The molecule has 4 heteroatoms. The second kappa shape index (κ2) is 7.16. The predicted octanol–water partition coefficient (Wildman–Crippen LogP) is 3.49. The molecule has 0 spiro atoms. The lowest BCUT2D eigenvalue weighted by atomic mass is 10.2. The number of halogens is 1. The molecule has 0 bridgehead atoms. The fourth-order valence-corrected chi connectivity index (χ4v) is 2.27. The summed E-state index contributed by atoms with van der Waals surface area (Å²) in [5, 5.41) is 8.93. The third kappa shape index (κ3) is 4.58. The van der Waals surface area contributed by atoms with Gasteiger partial charge in [0.2, 0.25) is 0 Å². The number of ether oxygens (including phenoxy) is 1. The smallest absolute Gasteiger partial charge is 0.123 e. The lowest BCUT2D eigenvalue weighted by Crippen LogP contribution is -1.99. The zero-order valence-corrected chi connectivity index (χ0v) is 11.2. The zero-order chi connectivity index (χ0) is 13.5. The van der Waals surface area contributed by atoms with Crippen LogP contribution in [0.3, 0.4) is 0 Å². The fourth-order valence-electron chi connectivity index (χ4n) is 1.54. The van der Waals surface area contributed by atoms with Gasteiger partial charge in [-0.1, -0.05) is 12.1 Å². The van der Waals surface area contributed by atoms with Gasteiger partial charge < -0.3 is 9.84 Å². The first-order valence-corrected chi connectivity index (χ1v) is 6.97. The van der Waals surface area contributed by atoms with E-state index in [9.17, 15) is 4.39 Å². The van der Waals surface area contributed by atoms with Crippen LogP contribution in [-0.4, -0.2) is 17.5 Å². The molecule has 0 atom stereocenters. The summed E-state index contributed by atoms with van der Waals surface area (Å²) in [6, 6.07) is 13.8. The summed E-state index contributed by atoms with van der Waals surface area (Å²) in [6.45, 7) is 0.636. The van der Waals surface area contributed by atoms with Gasteiger partial charge in [-0.05, 0) is 42.0 Å². The molecule has 0 aliphatic carbocycles. The summed E-state index contributed by atoms with van der Waals surface area (Å²) < 4.78 is 18.2. The highest BCUT2D eigenvalue weighted by atomic mass is 32.2. The normalized spacial score (nSPS) is 10.4. The van der Waals surface area contributed by atoms with Crippen molar-refractivity contribution >= 4 is 11.8 Å². The average Bonchev–Trinajstić information content (AvgIpc) is 2.46. The summed E-state index contributed by atoms with van der Waals surface area (Å²) in [7, 11) is 0. The van der Waals surface area contributed by atoms with E-state index in [0.717, 1.165) is 16.2 Å². The van der Waals surface area contributed by atoms with E-state index < -0.39 is 0 Å². The van der Waals surface area contributed by atoms with Crippen LogP contribution in [0.15, 0.2) is 53.4 Å². The van der Waals surface area contributed by atoms with E-state index >= 15 is 0 Å². The molecular formula is C15H15FO2S. The number of aliphatic hydroxyl groups is 1. The van der Waals surface area contributed by atoms with Crippen LogP contribution in [0.5, 0.6) is 5.75 Å². The molecule has 2 nitrogen and oxygen atoms in total. The van der Waals surface area contributed by atoms with Crippen LogP contribution >= 0.6 is 11.8 Å². The molecule has 100 valence electrons. The van der Waals surface area contributed by atoms with Gasteiger partial charge in [0.1, 0.15) is 11.6 Å². The Morgan fingerprint density at radius 1 is 1.00 bits per heavy atom. The summed E-state index contributed by atoms with van der Waals surface area (Å²) in [4.78, 5) is 1.14. The molecule has 0 aliphatic heterocycles. The average molecular weight is 278 g/mol. The van der Waals surface area contributed by atoms with Gasteiger partial charge in [0.15, 0.2) is 0 Å². The minimum atomic E-state index is -0.259. The molecule has 2 aromatic carbocycles. The Morgan fingerprint density at radius 3 is 2.32 bits per heavy atom. The van der Waals surface area contributed by atoms with Gasteiger partial charge in [-0.25, -0.2) is 4.39 Å². The number of hydrogen-bond donors (Lipinski definition) is 1. The lowest BCUT2D eigenvalue weighted by Gasteiger charge is -2.06. The Hall–Kier alpha value is -1.52. The van der Waals surface area contributed by atoms with Crippen molar-refractivity contribution in [3.8, 4) is 5.75 Å². The predicted molar refractivity (Wildman–Crippen MR) is 75.0 cm³/mol.